The van der Waals surface area contributed by atoms with Crippen molar-refractivity contribution in [2.45, 2.75) is 0 Å². The highest BCUT2D eigenvalue weighted by atomic mass is 16.1. The standard InChI is InChI=1S/C5H8N4O/c1-6-9-4-2-5(10)8-3-7-4/h2-3,6H,1H3,(H2,7,8,9,10). The van der Waals surface area contributed by atoms with Gasteiger partial charge >= 0.3 is 0 Å². The Bertz CT molecular complexity index is 256. The quantitative estimate of drug-likeness (QED) is 0.476. The maximum atomic E-state index is 10.6. The molecule has 0 saturated heterocycles. The minimum Gasteiger partial charge on any atom is -0.313 e. The number of rotatable bonds is 2. The van der Waals surface area contributed by atoms with E-state index in [0.29, 0.717) is 5.82 Å². The molecule has 0 aromatic carbocycles. The Kier molecular flexibility index (Phi) is 2.01. The van der Waals surface area contributed by atoms with Gasteiger partial charge < -0.3 is 10.4 Å². The van der Waals surface area contributed by atoms with E-state index in [1.54, 1.807) is 7.05 Å². The number of hydrogen-bond acceptors (Lipinski definition) is 4. The van der Waals surface area contributed by atoms with E-state index in [2.05, 4.69) is 20.8 Å². The average Bonchev–Trinajstić information content (AvgIpc) is 1.88. The first-order valence-electron chi connectivity index (χ1n) is 2.80. The highest BCUT2D eigenvalue weighted by molar-refractivity contribution is 5.29. The number of H-pyrrole nitrogens is 1. The molecule has 1 aromatic heterocycles. The molecule has 0 atom stereocenters. The van der Waals surface area contributed by atoms with Crippen LogP contribution in [0.15, 0.2) is 17.2 Å². The zero-order valence-electron chi connectivity index (χ0n) is 5.51. The van der Waals surface area contributed by atoms with Crippen LogP contribution in [0.3, 0.4) is 0 Å². The van der Waals surface area contributed by atoms with Gasteiger partial charge in [-0.05, 0) is 0 Å². The van der Waals surface area contributed by atoms with E-state index in [-0.39, 0.29) is 5.56 Å². The summed E-state index contributed by atoms with van der Waals surface area (Å²) in [6.07, 6.45) is 1.34. The molecule has 5 heteroatoms. The fraction of sp³-hybridized carbons (Fsp3) is 0.200. The van der Waals surface area contributed by atoms with Gasteiger partial charge in [0.15, 0.2) is 0 Å². The third kappa shape index (κ3) is 1.56. The Labute approximate surface area is 57.5 Å². The highest BCUT2D eigenvalue weighted by Crippen LogP contribution is 1.89. The Morgan fingerprint density at radius 3 is 3.10 bits per heavy atom. The van der Waals surface area contributed by atoms with Crippen molar-refractivity contribution in [3.8, 4) is 0 Å². The van der Waals surface area contributed by atoms with Gasteiger partial charge in [0, 0.05) is 13.1 Å². The summed E-state index contributed by atoms with van der Waals surface area (Å²) in [5, 5.41) is 0. The van der Waals surface area contributed by atoms with Gasteiger partial charge in [0.1, 0.15) is 5.82 Å². The minimum atomic E-state index is -0.173. The van der Waals surface area contributed by atoms with E-state index in [1.807, 2.05) is 0 Å². The van der Waals surface area contributed by atoms with Crippen molar-refractivity contribution in [2.75, 3.05) is 12.5 Å². The largest absolute Gasteiger partial charge is 0.313 e. The van der Waals surface area contributed by atoms with Crippen molar-refractivity contribution < 1.29 is 0 Å². The molecule has 3 N–H and O–H groups in total. The van der Waals surface area contributed by atoms with Crippen LogP contribution in [-0.2, 0) is 0 Å². The zero-order chi connectivity index (χ0) is 7.40. The topological polar surface area (TPSA) is 69.8 Å². The van der Waals surface area contributed by atoms with Crippen molar-refractivity contribution in [2.24, 2.45) is 0 Å². The second kappa shape index (κ2) is 2.98. The molecule has 1 aromatic rings. The Morgan fingerprint density at radius 1 is 1.70 bits per heavy atom. The smallest absolute Gasteiger partial charge is 0.252 e. The number of anilines is 1. The zero-order valence-corrected chi connectivity index (χ0v) is 5.51. The molecule has 0 amide bonds. The summed E-state index contributed by atoms with van der Waals surface area (Å²) in [5.74, 6) is 0.506. The fourth-order valence-electron chi connectivity index (χ4n) is 0.565. The number of hydrazine groups is 1. The summed E-state index contributed by atoms with van der Waals surface area (Å²) in [7, 11) is 1.70. The van der Waals surface area contributed by atoms with Gasteiger partial charge in [0.2, 0.25) is 0 Å². The van der Waals surface area contributed by atoms with E-state index in [9.17, 15) is 4.79 Å². The van der Waals surface area contributed by atoms with Crippen LogP contribution in [0.5, 0.6) is 0 Å². The molecule has 54 valence electrons. The summed E-state index contributed by atoms with van der Waals surface area (Å²) in [6, 6.07) is 1.36. The van der Waals surface area contributed by atoms with Crippen LogP contribution in [0.2, 0.25) is 0 Å². The first-order valence-corrected chi connectivity index (χ1v) is 2.80. The van der Waals surface area contributed by atoms with Gasteiger partial charge in [-0.2, -0.15) is 0 Å². The molecule has 1 heterocycles. The average molecular weight is 140 g/mol. The first kappa shape index (κ1) is 6.76. The number of aromatic nitrogens is 2. The van der Waals surface area contributed by atoms with Crippen LogP contribution >= 0.6 is 0 Å². The Balaban J connectivity index is 2.85. The molecule has 1 rings (SSSR count). The van der Waals surface area contributed by atoms with E-state index in [0.717, 1.165) is 0 Å². The van der Waals surface area contributed by atoms with Gasteiger partial charge in [-0.25, -0.2) is 10.4 Å². The van der Waals surface area contributed by atoms with Gasteiger partial charge in [0.25, 0.3) is 5.56 Å². The lowest BCUT2D eigenvalue weighted by Gasteiger charge is -1.99. The summed E-state index contributed by atoms with van der Waals surface area (Å²) in [5.41, 5.74) is 5.14. The maximum Gasteiger partial charge on any atom is 0.252 e. The second-order valence-corrected chi connectivity index (χ2v) is 1.67. The first-order chi connectivity index (χ1) is 4.83. The van der Waals surface area contributed by atoms with Crippen LogP contribution in [0, 0.1) is 0 Å². The van der Waals surface area contributed by atoms with Crippen molar-refractivity contribution in [3.63, 3.8) is 0 Å². The second-order valence-electron chi connectivity index (χ2n) is 1.67. The molecule has 0 aliphatic rings. The lowest BCUT2D eigenvalue weighted by atomic mass is 10.6. The molecule has 0 radical (unpaired) electrons. The molecular weight excluding hydrogens is 132 g/mol. The van der Waals surface area contributed by atoms with Gasteiger partial charge in [0.05, 0.1) is 6.33 Å². The lowest BCUT2D eigenvalue weighted by molar-refractivity contribution is 0.953. The normalized spacial score (nSPS) is 9.30. The van der Waals surface area contributed by atoms with Gasteiger partial charge in [-0.3, -0.25) is 4.79 Å². The fourth-order valence-corrected chi connectivity index (χ4v) is 0.565. The Morgan fingerprint density at radius 2 is 2.50 bits per heavy atom. The SMILES string of the molecule is CNNc1cc(=O)[nH]cn1. The molecule has 0 unspecified atom stereocenters. The predicted molar refractivity (Wildman–Crippen MR) is 37.5 cm³/mol. The van der Waals surface area contributed by atoms with Crippen LogP contribution < -0.4 is 16.4 Å². The van der Waals surface area contributed by atoms with E-state index in [1.165, 1.54) is 12.4 Å². The summed E-state index contributed by atoms with van der Waals surface area (Å²) >= 11 is 0. The monoisotopic (exact) mass is 140 g/mol. The van der Waals surface area contributed by atoms with Gasteiger partial charge in [-0.15, -0.1) is 0 Å². The molecule has 10 heavy (non-hydrogen) atoms. The predicted octanol–water partition coefficient (Wildman–Crippen LogP) is -0.684. The summed E-state index contributed by atoms with van der Waals surface area (Å²) in [6.45, 7) is 0. The van der Waals surface area contributed by atoms with Crippen LogP contribution in [0.1, 0.15) is 0 Å². The molecule has 0 fully saturated rings. The molecular formula is C5H8N4O. The van der Waals surface area contributed by atoms with Crippen molar-refractivity contribution >= 4 is 5.82 Å². The van der Waals surface area contributed by atoms with Crippen LogP contribution in [0.4, 0.5) is 5.82 Å². The number of aromatic amines is 1. The van der Waals surface area contributed by atoms with Gasteiger partial charge in [-0.1, -0.05) is 0 Å². The van der Waals surface area contributed by atoms with E-state index >= 15 is 0 Å². The summed E-state index contributed by atoms with van der Waals surface area (Å²) in [4.78, 5) is 16.8. The third-order valence-corrected chi connectivity index (χ3v) is 0.931. The highest BCUT2D eigenvalue weighted by Gasteiger charge is 1.88. The van der Waals surface area contributed by atoms with Crippen molar-refractivity contribution in [1.82, 2.24) is 15.4 Å². The number of nitrogens with one attached hydrogen (secondary N) is 3. The molecule has 0 aliphatic carbocycles. The minimum absolute atomic E-state index is 0.173. The Hall–Kier alpha value is -1.36. The molecule has 0 aliphatic heterocycles. The molecule has 0 saturated carbocycles. The lowest BCUT2D eigenvalue weighted by Crippen LogP contribution is -2.18. The number of hydrogen-bond donors (Lipinski definition) is 3. The van der Waals surface area contributed by atoms with E-state index in [4.69, 9.17) is 0 Å². The third-order valence-electron chi connectivity index (χ3n) is 0.931. The van der Waals surface area contributed by atoms with Crippen molar-refractivity contribution in [3.05, 3.63) is 22.7 Å². The number of nitrogens with zero attached hydrogens (tertiary/aromatic N) is 1. The van der Waals surface area contributed by atoms with Crippen LogP contribution in [-0.4, -0.2) is 17.0 Å². The van der Waals surface area contributed by atoms with Crippen LogP contribution in [0.25, 0.3) is 0 Å². The molecule has 0 bridgehead atoms. The maximum absolute atomic E-state index is 10.6. The molecule has 0 spiro atoms. The summed E-state index contributed by atoms with van der Waals surface area (Å²) < 4.78 is 0. The van der Waals surface area contributed by atoms with Crippen molar-refractivity contribution in [1.29, 1.82) is 0 Å². The molecule has 5 nitrogen and oxygen atoms in total. The van der Waals surface area contributed by atoms with E-state index < -0.39 is 0 Å².